The summed E-state index contributed by atoms with van der Waals surface area (Å²) in [5.74, 6) is 0.674. The summed E-state index contributed by atoms with van der Waals surface area (Å²) in [6.07, 6.45) is 5.26. The molecular weight excluding hydrogens is 108 g/mol. The SMILES string of the molecule is C=C/C(=C\C)C(C)CC. The maximum Gasteiger partial charge on any atom is -0.0196 e. The average Bonchev–Trinajstić information content (AvgIpc) is 1.90. The molecule has 0 aromatic rings. The van der Waals surface area contributed by atoms with E-state index in [1.165, 1.54) is 12.0 Å². The van der Waals surface area contributed by atoms with Crippen LogP contribution in [0.3, 0.4) is 0 Å². The molecule has 0 saturated heterocycles. The third kappa shape index (κ3) is 2.50. The number of hydrogen-bond donors (Lipinski definition) is 0. The van der Waals surface area contributed by atoms with Crippen molar-refractivity contribution in [3.05, 3.63) is 24.3 Å². The highest BCUT2D eigenvalue weighted by Crippen LogP contribution is 2.13. The van der Waals surface area contributed by atoms with Gasteiger partial charge in [0, 0.05) is 0 Å². The molecule has 0 amide bonds. The van der Waals surface area contributed by atoms with Gasteiger partial charge in [-0.05, 0) is 19.3 Å². The predicted octanol–water partition coefficient (Wildman–Crippen LogP) is 3.16. The van der Waals surface area contributed by atoms with Crippen molar-refractivity contribution in [1.29, 1.82) is 0 Å². The molecule has 0 rings (SSSR count). The van der Waals surface area contributed by atoms with E-state index in [2.05, 4.69) is 33.4 Å². The molecule has 0 fully saturated rings. The number of rotatable bonds is 3. The van der Waals surface area contributed by atoms with Crippen molar-refractivity contribution < 1.29 is 0 Å². The van der Waals surface area contributed by atoms with E-state index in [1.54, 1.807) is 0 Å². The van der Waals surface area contributed by atoms with Gasteiger partial charge in [0.2, 0.25) is 0 Å². The van der Waals surface area contributed by atoms with E-state index in [0.29, 0.717) is 5.92 Å². The highest BCUT2D eigenvalue weighted by Gasteiger charge is 1.99. The lowest BCUT2D eigenvalue weighted by Gasteiger charge is -2.07. The second kappa shape index (κ2) is 4.37. The topological polar surface area (TPSA) is 0 Å². The smallest absolute Gasteiger partial charge is 0.0196 e. The van der Waals surface area contributed by atoms with Gasteiger partial charge >= 0.3 is 0 Å². The van der Waals surface area contributed by atoms with E-state index in [9.17, 15) is 0 Å². The third-order valence-corrected chi connectivity index (χ3v) is 1.75. The Bertz CT molecular complexity index is 109. The molecule has 52 valence electrons. The molecule has 0 aliphatic rings. The summed E-state index contributed by atoms with van der Waals surface area (Å²) in [6, 6.07) is 0. The summed E-state index contributed by atoms with van der Waals surface area (Å²) in [5, 5.41) is 0. The maximum absolute atomic E-state index is 3.73. The zero-order valence-electron chi connectivity index (χ0n) is 6.65. The Kier molecular flexibility index (Phi) is 4.12. The first kappa shape index (κ1) is 8.48. The molecule has 9 heavy (non-hydrogen) atoms. The Morgan fingerprint density at radius 1 is 1.67 bits per heavy atom. The summed E-state index contributed by atoms with van der Waals surface area (Å²) in [6.45, 7) is 10.2. The van der Waals surface area contributed by atoms with Crippen LogP contribution in [-0.4, -0.2) is 0 Å². The van der Waals surface area contributed by atoms with Gasteiger partial charge in [-0.15, -0.1) is 0 Å². The molecule has 0 aromatic carbocycles. The molecule has 0 radical (unpaired) electrons. The lowest BCUT2D eigenvalue weighted by molar-refractivity contribution is 0.669. The fourth-order valence-corrected chi connectivity index (χ4v) is 0.839. The van der Waals surface area contributed by atoms with Gasteiger partial charge in [0.1, 0.15) is 0 Å². The second-order valence-electron chi connectivity index (χ2n) is 2.30. The van der Waals surface area contributed by atoms with Crippen molar-refractivity contribution in [2.45, 2.75) is 27.2 Å². The van der Waals surface area contributed by atoms with Gasteiger partial charge in [0.25, 0.3) is 0 Å². The van der Waals surface area contributed by atoms with Crippen molar-refractivity contribution in [3.8, 4) is 0 Å². The van der Waals surface area contributed by atoms with E-state index in [0.717, 1.165) is 0 Å². The van der Waals surface area contributed by atoms with Gasteiger partial charge in [-0.25, -0.2) is 0 Å². The average molecular weight is 124 g/mol. The summed E-state index contributed by atoms with van der Waals surface area (Å²) >= 11 is 0. The standard InChI is InChI=1S/C9H16/c1-5-8(4)9(6-2)7-3/h6-8H,2,5H2,1,3-4H3/b9-7+. The molecule has 1 atom stereocenters. The number of hydrogen-bond acceptors (Lipinski definition) is 0. The lowest BCUT2D eigenvalue weighted by Crippen LogP contribution is -1.93. The molecule has 0 N–H and O–H groups in total. The second-order valence-corrected chi connectivity index (χ2v) is 2.30. The van der Waals surface area contributed by atoms with Gasteiger partial charge in [-0.3, -0.25) is 0 Å². The first-order valence-electron chi connectivity index (χ1n) is 3.54. The minimum absolute atomic E-state index is 0.674. The lowest BCUT2D eigenvalue weighted by atomic mass is 9.99. The third-order valence-electron chi connectivity index (χ3n) is 1.75. The highest BCUT2D eigenvalue weighted by molar-refractivity contribution is 5.17. The van der Waals surface area contributed by atoms with Crippen molar-refractivity contribution in [2.24, 2.45) is 5.92 Å². The molecule has 0 spiro atoms. The molecule has 0 bridgehead atoms. The quantitative estimate of drug-likeness (QED) is 0.507. The van der Waals surface area contributed by atoms with Gasteiger partial charge in [-0.1, -0.05) is 38.2 Å². The monoisotopic (exact) mass is 124 g/mol. The number of allylic oxidation sites excluding steroid dienone is 3. The summed E-state index contributed by atoms with van der Waals surface area (Å²) in [5.41, 5.74) is 1.36. The van der Waals surface area contributed by atoms with E-state index >= 15 is 0 Å². The Hall–Kier alpha value is -0.520. The van der Waals surface area contributed by atoms with Crippen molar-refractivity contribution >= 4 is 0 Å². The fraction of sp³-hybridized carbons (Fsp3) is 0.556. The van der Waals surface area contributed by atoms with E-state index < -0.39 is 0 Å². The summed E-state index contributed by atoms with van der Waals surface area (Å²) in [4.78, 5) is 0. The summed E-state index contributed by atoms with van der Waals surface area (Å²) < 4.78 is 0. The van der Waals surface area contributed by atoms with Crippen LogP contribution in [0.25, 0.3) is 0 Å². The molecule has 0 heterocycles. The Morgan fingerprint density at radius 3 is 2.33 bits per heavy atom. The van der Waals surface area contributed by atoms with Crippen LogP contribution >= 0.6 is 0 Å². The zero-order chi connectivity index (χ0) is 7.28. The molecule has 0 nitrogen and oxygen atoms in total. The molecule has 0 heteroatoms. The molecule has 0 saturated carbocycles. The van der Waals surface area contributed by atoms with Gasteiger partial charge in [0.05, 0.1) is 0 Å². The zero-order valence-corrected chi connectivity index (χ0v) is 6.65. The van der Waals surface area contributed by atoms with E-state index in [1.807, 2.05) is 6.08 Å². The predicted molar refractivity (Wildman–Crippen MR) is 43.4 cm³/mol. The molecule has 0 aromatic heterocycles. The summed E-state index contributed by atoms with van der Waals surface area (Å²) in [7, 11) is 0. The minimum Gasteiger partial charge on any atom is -0.0988 e. The van der Waals surface area contributed by atoms with Crippen LogP contribution in [0.5, 0.6) is 0 Å². The fourth-order valence-electron chi connectivity index (χ4n) is 0.839. The normalized spacial score (nSPS) is 15.2. The van der Waals surface area contributed by atoms with Crippen LogP contribution < -0.4 is 0 Å². The van der Waals surface area contributed by atoms with Crippen LogP contribution in [-0.2, 0) is 0 Å². The van der Waals surface area contributed by atoms with Gasteiger partial charge < -0.3 is 0 Å². The minimum atomic E-state index is 0.674. The molecule has 0 aliphatic heterocycles. The van der Waals surface area contributed by atoms with Crippen LogP contribution in [0.15, 0.2) is 24.3 Å². The van der Waals surface area contributed by atoms with Crippen LogP contribution in [0.4, 0.5) is 0 Å². The largest absolute Gasteiger partial charge is 0.0988 e. The maximum atomic E-state index is 3.73. The first-order valence-corrected chi connectivity index (χ1v) is 3.54. The van der Waals surface area contributed by atoms with Crippen LogP contribution in [0, 0.1) is 5.92 Å². The van der Waals surface area contributed by atoms with Crippen LogP contribution in [0.1, 0.15) is 27.2 Å². The molecular formula is C9H16. The first-order chi connectivity index (χ1) is 4.26. The van der Waals surface area contributed by atoms with Crippen molar-refractivity contribution in [1.82, 2.24) is 0 Å². The van der Waals surface area contributed by atoms with Crippen LogP contribution in [0.2, 0.25) is 0 Å². The molecule has 0 aliphatic carbocycles. The van der Waals surface area contributed by atoms with Crippen molar-refractivity contribution in [3.63, 3.8) is 0 Å². The van der Waals surface area contributed by atoms with Gasteiger partial charge in [-0.2, -0.15) is 0 Å². The molecule has 1 unspecified atom stereocenters. The Labute approximate surface area is 58.3 Å². The van der Waals surface area contributed by atoms with E-state index in [4.69, 9.17) is 0 Å². The van der Waals surface area contributed by atoms with E-state index in [-0.39, 0.29) is 0 Å². The Morgan fingerprint density at radius 2 is 2.22 bits per heavy atom. The Balaban J connectivity index is 3.95. The highest BCUT2D eigenvalue weighted by atomic mass is 14.0. The van der Waals surface area contributed by atoms with Gasteiger partial charge in [0.15, 0.2) is 0 Å². The van der Waals surface area contributed by atoms with Crippen molar-refractivity contribution in [2.75, 3.05) is 0 Å².